The predicted octanol–water partition coefficient (Wildman–Crippen LogP) is 4.09. The van der Waals surface area contributed by atoms with Crippen molar-refractivity contribution in [1.29, 1.82) is 0 Å². The van der Waals surface area contributed by atoms with E-state index in [2.05, 4.69) is 57.1 Å². The van der Waals surface area contributed by atoms with Gasteiger partial charge in [0.25, 0.3) is 0 Å². The van der Waals surface area contributed by atoms with Crippen molar-refractivity contribution >= 4 is 21.6 Å². The van der Waals surface area contributed by atoms with Gasteiger partial charge in [-0.25, -0.2) is 0 Å². The Hall–Kier alpha value is -1.29. The molecule has 1 aromatic heterocycles. The Morgan fingerprint density at radius 3 is 2.81 bits per heavy atom. The van der Waals surface area contributed by atoms with Gasteiger partial charge in [0.1, 0.15) is 0 Å². The van der Waals surface area contributed by atoms with Gasteiger partial charge in [-0.2, -0.15) is 5.10 Å². The number of rotatable bonds is 3. The van der Waals surface area contributed by atoms with Crippen LogP contribution in [0, 0.1) is 0 Å². The number of halogens is 1. The quantitative estimate of drug-likeness (QED) is 0.833. The fourth-order valence-corrected chi connectivity index (χ4v) is 3.85. The van der Waals surface area contributed by atoms with Gasteiger partial charge in [-0.05, 0) is 53.2 Å². The van der Waals surface area contributed by atoms with Gasteiger partial charge < -0.3 is 4.90 Å². The molecule has 21 heavy (non-hydrogen) atoms. The van der Waals surface area contributed by atoms with E-state index in [-0.39, 0.29) is 0 Å². The number of anilines is 1. The second-order valence-electron chi connectivity index (χ2n) is 5.69. The first-order valence-corrected chi connectivity index (χ1v) is 8.53. The zero-order chi connectivity index (χ0) is 14.8. The molecule has 2 heterocycles. The highest BCUT2D eigenvalue weighted by molar-refractivity contribution is 9.10. The molecule has 1 aliphatic heterocycles. The van der Waals surface area contributed by atoms with Crippen LogP contribution in [0.1, 0.15) is 36.7 Å². The summed E-state index contributed by atoms with van der Waals surface area (Å²) in [6.45, 7) is 4.19. The summed E-state index contributed by atoms with van der Waals surface area (Å²) in [6, 6.07) is 8.82. The zero-order valence-electron chi connectivity index (χ0n) is 12.8. The average Bonchev–Trinajstić information content (AvgIpc) is 2.67. The van der Waals surface area contributed by atoms with E-state index in [9.17, 15) is 0 Å². The van der Waals surface area contributed by atoms with Crippen LogP contribution < -0.4 is 4.90 Å². The van der Waals surface area contributed by atoms with E-state index in [0.717, 1.165) is 25.2 Å². The fourth-order valence-electron chi connectivity index (χ4n) is 3.11. The molecule has 3 nitrogen and oxygen atoms in total. The molecule has 1 aromatic carbocycles. The highest BCUT2D eigenvalue weighted by Gasteiger charge is 2.19. The first kappa shape index (κ1) is 14.6. The lowest BCUT2D eigenvalue weighted by Gasteiger charge is -2.25. The summed E-state index contributed by atoms with van der Waals surface area (Å²) >= 11 is 3.74. The third-order valence-corrected chi connectivity index (χ3v) is 5.22. The molecule has 2 aromatic rings. The highest BCUT2D eigenvalue weighted by Crippen LogP contribution is 2.30. The summed E-state index contributed by atoms with van der Waals surface area (Å²) in [4.78, 5) is 2.50. The Balaban J connectivity index is 1.93. The van der Waals surface area contributed by atoms with Crippen molar-refractivity contribution in [2.24, 2.45) is 7.05 Å². The number of aromatic nitrogens is 2. The van der Waals surface area contributed by atoms with Crippen molar-refractivity contribution in [1.82, 2.24) is 9.78 Å². The molecule has 0 radical (unpaired) electrons. The molecular weight excluding hydrogens is 326 g/mol. The number of nitrogens with zero attached hydrogens (tertiary/aromatic N) is 3. The molecule has 0 spiro atoms. The second kappa shape index (κ2) is 6.22. The van der Waals surface area contributed by atoms with Crippen molar-refractivity contribution in [3.63, 3.8) is 0 Å². The van der Waals surface area contributed by atoms with E-state index in [1.807, 2.05) is 11.7 Å². The van der Waals surface area contributed by atoms with Gasteiger partial charge in [0.2, 0.25) is 0 Å². The number of aryl methyl sites for hydroxylation is 3. The van der Waals surface area contributed by atoms with E-state index in [1.54, 1.807) is 0 Å². The van der Waals surface area contributed by atoms with Gasteiger partial charge in [0.15, 0.2) is 0 Å². The number of benzene rings is 1. The monoisotopic (exact) mass is 347 g/mol. The number of hydrogen-bond acceptors (Lipinski definition) is 2. The second-order valence-corrected chi connectivity index (χ2v) is 6.48. The van der Waals surface area contributed by atoms with E-state index >= 15 is 0 Å². The van der Waals surface area contributed by atoms with Crippen molar-refractivity contribution < 1.29 is 0 Å². The lowest BCUT2D eigenvalue weighted by molar-refractivity contribution is 0.657. The molecule has 3 rings (SSSR count). The van der Waals surface area contributed by atoms with Crippen LogP contribution in [0.4, 0.5) is 5.69 Å². The van der Waals surface area contributed by atoms with Crippen LogP contribution in [0.25, 0.3) is 0 Å². The van der Waals surface area contributed by atoms with Gasteiger partial charge in [-0.3, -0.25) is 4.68 Å². The molecule has 0 saturated heterocycles. The molecule has 0 atom stereocenters. The van der Waals surface area contributed by atoms with Gasteiger partial charge in [0.05, 0.1) is 22.4 Å². The molecule has 0 saturated carbocycles. The lowest BCUT2D eigenvalue weighted by atomic mass is 10.1. The van der Waals surface area contributed by atoms with Gasteiger partial charge in [0, 0.05) is 19.3 Å². The van der Waals surface area contributed by atoms with E-state index in [4.69, 9.17) is 0 Å². The molecule has 0 N–H and O–H groups in total. The summed E-state index contributed by atoms with van der Waals surface area (Å²) in [7, 11) is 2.04. The third-order valence-electron chi connectivity index (χ3n) is 4.30. The molecule has 112 valence electrons. The van der Waals surface area contributed by atoms with Crippen LogP contribution in [0.5, 0.6) is 0 Å². The van der Waals surface area contributed by atoms with Crippen molar-refractivity contribution in [3.8, 4) is 0 Å². The van der Waals surface area contributed by atoms with E-state index in [1.165, 1.54) is 40.7 Å². The fraction of sp³-hybridized carbons (Fsp3) is 0.471. The van der Waals surface area contributed by atoms with Crippen molar-refractivity contribution in [2.75, 3.05) is 11.4 Å². The van der Waals surface area contributed by atoms with Crippen LogP contribution in [-0.2, 0) is 26.4 Å². The van der Waals surface area contributed by atoms with Crippen LogP contribution in [0.3, 0.4) is 0 Å². The Kier molecular flexibility index (Phi) is 4.34. The third kappa shape index (κ3) is 2.86. The molecule has 0 aliphatic carbocycles. The Morgan fingerprint density at radius 1 is 1.24 bits per heavy atom. The summed E-state index contributed by atoms with van der Waals surface area (Å²) in [5, 5.41) is 4.62. The maximum Gasteiger partial charge on any atom is 0.0767 e. The molecule has 1 aliphatic rings. The summed E-state index contributed by atoms with van der Waals surface area (Å²) in [6.07, 6.45) is 4.69. The van der Waals surface area contributed by atoms with Crippen molar-refractivity contribution in [3.05, 3.63) is 45.7 Å². The smallest absolute Gasteiger partial charge is 0.0767 e. The number of fused-ring (bicyclic) bond motifs is 1. The van der Waals surface area contributed by atoms with Gasteiger partial charge in [-0.1, -0.05) is 25.1 Å². The van der Waals surface area contributed by atoms with E-state index < -0.39 is 0 Å². The summed E-state index contributed by atoms with van der Waals surface area (Å²) < 4.78 is 3.20. The summed E-state index contributed by atoms with van der Waals surface area (Å²) in [5.74, 6) is 0. The first-order valence-electron chi connectivity index (χ1n) is 7.73. The van der Waals surface area contributed by atoms with E-state index in [0.29, 0.717) is 0 Å². The maximum atomic E-state index is 4.62. The lowest BCUT2D eigenvalue weighted by Crippen LogP contribution is -2.25. The van der Waals surface area contributed by atoms with Crippen LogP contribution in [-0.4, -0.2) is 16.3 Å². The average molecular weight is 348 g/mol. The number of para-hydroxylation sites is 1. The molecule has 0 amide bonds. The summed E-state index contributed by atoms with van der Waals surface area (Å²) in [5.41, 5.74) is 5.28. The standard InChI is InChI=1S/C17H22BrN3/c1-3-14-17(18)16(20(2)19-14)12-21-11-7-6-9-13-8-4-5-10-15(13)21/h4-5,8,10H,3,6-7,9,11-12H2,1-2H3. The SMILES string of the molecule is CCc1nn(C)c(CN2CCCCc3ccccc32)c1Br. The molecule has 0 fully saturated rings. The van der Waals surface area contributed by atoms with Gasteiger partial charge >= 0.3 is 0 Å². The van der Waals surface area contributed by atoms with Gasteiger partial charge in [-0.15, -0.1) is 0 Å². The molecule has 0 bridgehead atoms. The highest BCUT2D eigenvalue weighted by atomic mass is 79.9. The molecule has 4 heteroatoms. The first-order chi connectivity index (χ1) is 10.2. The number of hydrogen-bond donors (Lipinski definition) is 0. The normalized spacial score (nSPS) is 14.9. The predicted molar refractivity (Wildman–Crippen MR) is 90.7 cm³/mol. The molecular formula is C17H22BrN3. The maximum absolute atomic E-state index is 4.62. The Morgan fingerprint density at radius 2 is 2.05 bits per heavy atom. The van der Waals surface area contributed by atoms with Crippen molar-refractivity contribution in [2.45, 2.75) is 39.2 Å². The van der Waals surface area contributed by atoms with Crippen LogP contribution in [0.2, 0.25) is 0 Å². The van der Waals surface area contributed by atoms with Crippen LogP contribution >= 0.6 is 15.9 Å². The Bertz CT molecular complexity index is 633. The minimum absolute atomic E-state index is 0.918. The largest absolute Gasteiger partial charge is 0.365 e. The zero-order valence-corrected chi connectivity index (χ0v) is 14.4. The molecule has 0 unspecified atom stereocenters. The minimum Gasteiger partial charge on any atom is -0.365 e. The minimum atomic E-state index is 0.918. The topological polar surface area (TPSA) is 21.1 Å². The Labute approximate surface area is 135 Å². The van der Waals surface area contributed by atoms with Crippen LogP contribution in [0.15, 0.2) is 28.7 Å².